The maximum Gasteiger partial charge on any atom is 0.225 e. The fraction of sp³-hybridized carbons (Fsp3) is 0.949. The molecule has 0 spiro atoms. The first kappa shape index (κ1) is 41.9. The lowest BCUT2D eigenvalue weighted by Gasteiger charge is -2.46. The van der Waals surface area contributed by atoms with Gasteiger partial charge in [0.1, 0.15) is 12.2 Å². The zero-order valence-electron chi connectivity index (χ0n) is 33.0. The molecule has 0 radical (unpaired) electrons. The molecule has 0 aromatic heterocycles. The Hall–Kier alpha value is -1.26. The second-order valence-corrected chi connectivity index (χ2v) is 16.7. The summed E-state index contributed by atoms with van der Waals surface area (Å²) in [4.78, 5) is 12.9. The lowest BCUT2D eigenvalue weighted by atomic mass is 9.75. The number of carbonyl (C=O) groups is 1. The average molecular weight is 740 g/mol. The van der Waals surface area contributed by atoms with Gasteiger partial charge >= 0.3 is 0 Å². The third-order valence-corrected chi connectivity index (χ3v) is 13.0. The molecule has 0 aromatic carbocycles. The van der Waals surface area contributed by atoms with Crippen LogP contribution in [-0.4, -0.2) is 139 Å². The number of aliphatic hydroxyl groups excluding tert-OH is 1. The van der Waals surface area contributed by atoms with Crippen LogP contribution >= 0.6 is 0 Å². The van der Waals surface area contributed by atoms with E-state index in [0.717, 1.165) is 38.5 Å². The maximum atomic E-state index is 12.9. The minimum absolute atomic E-state index is 0.0247. The van der Waals surface area contributed by atoms with Gasteiger partial charge in [0.15, 0.2) is 0 Å². The minimum Gasteiger partial charge on any atom is -0.392 e. The van der Waals surface area contributed by atoms with Crippen molar-refractivity contribution in [3.63, 3.8) is 0 Å². The van der Waals surface area contributed by atoms with Crippen LogP contribution in [0.25, 0.3) is 0 Å². The summed E-state index contributed by atoms with van der Waals surface area (Å²) in [6.45, 7) is 4.43. The molecule has 4 aliphatic carbocycles. The van der Waals surface area contributed by atoms with Gasteiger partial charge in [0.05, 0.1) is 67.0 Å². The van der Waals surface area contributed by atoms with E-state index in [-0.39, 0.29) is 97.0 Å². The largest absolute Gasteiger partial charge is 0.392 e. The van der Waals surface area contributed by atoms with Crippen LogP contribution in [0.4, 0.5) is 0 Å². The number of fused-ring (bicyclic) bond motifs is 1. The molecule has 0 aromatic rings. The zero-order chi connectivity index (χ0) is 37.6. The highest BCUT2D eigenvalue weighted by atomic mass is 16.6. The Balaban J connectivity index is 1.12. The monoisotopic (exact) mass is 739 g/mol. The number of carbonyl (C=O) groups excluding carboxylic acids is 1. The second kappa shape index (κ2) is 19.1. The summed E-state index contributed by atoms with van der Waals surface area (Å²) in [5.74, 6) is 0.408. The van der Waals surface area contributed by atoms with Crippen molar-refractivity contribution in [2.24, 2.45) is 23.7 Å². The Labute approximate surface area is 311 Å². The molecule has 5 rings (SSSR count). The molecule has 11 unspecified atom stereocenters. The third-order valence-electron chi connectivity index (χ3n) is 13.0. The highest BCUT2D eigenvalue weighted by Crippen LogP contribution is 2.39. The Bertz CT molecular complexity index is 1120. The van der Waals surface area contributed by atoms with Crippen molar-refractivity contribution in [2.45, 2.75) is 164 Å². The number of methoxy groups -OCH3 is 6. The van der Waals surface area contributed by atoms with E-state index >= 15 is 0 Å². The van der Waals surface area contributed by atoms with Crippen LogP contribution in [0, 0.1) is 29.1 Å². The number of hydrogen-bond acceptors (Lipinski definition) is 12. The van der Waals surface area contributed by atoms with E-state index in [0.29, 0.717) is 38.0 Å². The van der Waals surface area contributed by atoms with Crippen LogP contribution in [0.1, 0.15) is 90.9 Å². The molecule has 0 bridgehead atoms. The van der Waals surface area contributed by atoms with Crippen LogP contribution in [0.3, 0.4) is 0 Å². The quantitative estimate of drug-likeness (QED) is 0.171. The van der Waals surface area contributed by atoms with Gasteiger partial charge in [-0.2, -0.15) is 0 Å². The lowest BCUT2D eigenvalue weighted by Crippen LogP contribution is -2.65. The van der Waals surface area contributed by atoms with E-state index in [1.54, 1.807) is 42.7 Å². The van der Waals surface area contributed by atoms with Gasteiger partial charge in [0, 0.05) is 66.8 Å². The summed E-state index contributed by atoms with van der Waals surface area (Å²) < 4.78 is 48.3. The van der Waals surface area contributed by atoms with E-state index in [1.165, 1.54) is 6.42 Å². The third kappa shape index (κ3) is 9.94. The summed E-state index contributed by atoms with van der Waals surface area (Å²) in [7, 11) is 10.1. The van der Waals surface area contributed by atoms with Crippen molar-refractivity contribution in [1.82, 2.24) is 10.6 Å². The van der Waals surface area contributed by atoms with Crippen molar-refractivity contribution < 1.29 is 47.8 Å². The van der Waals surface area contributed by atoms with E-state index < -0.39 is 11.7 Å². The molecule has 1 amide bonds. The maximum absolute atomic E-state index is 12.9. The fourth-order valence-corrected chi connectivity index (χ4v) is 9.91. The molecule has 1 saturated heterocycles. The molecule has 4 saturated carbocycles. The van der Waals surface area contributed by atoms with Gasteiger partial charge in [-0.3, -0.25) is 10.1 Å². The van der Waals surface area contributed by atoms with Gasteiger partial charge in [0.25, 0.3) is 0 Å². The van der Waals surface area contributed by atoms with E-state index in [9.17, 15) is 9.90 Å². The number of rotatable bonds is 16. The molecule has 5 fully saturated rings. The molecular formula is C39H69N3O10. The predicted molar refractivity (Wildman–Crippen MR) is 195 cm³/mol. The first-order valence-corrected chi connectivity index (χ1v) is 19.7. The van der Waals surface area contributed by atoms with Gasteiger partial charge in [0.2, 0.25) is 5.91 Å². The molecular weight excluding hydrogens is 670 g/mol. The van der Waals surface area contributed by atoms with Gasteiger partial charge in [-0.1, -0.05) is 12.8 Å². The molecule has 11 atom stereocenters. The lowest BCUT2D eigenvalue weighted by molar-refractivity contribution is -0.220. The van der Waals surface area contributed by atoms with Crippen molar-refractivity contribution in [1.29, 1.82) is 5.41 Å². The number of aliphatic hydroxyl groups is 1. The molecule has 13 heteroatoms. The van der Waals surface area contributed by atoms with Gasteiger partial charge in [-0.25, -0.2) is 0 Å². The van der Waals surface area contributed by atoms with Gasteiger partial charge in [-0.15, -0.1) is 0 Å². The van der Waals surface area contributed by atoms with E-state index in [2.05, 4.69) is 10.6 Å². The number of amides is 1. The van der Waals surface area contributed by atoms with Crippen molar-refractivity contribution in [3.8, 4) is 0 Å². The normalized spacial score (nSPS) is 40.8. The number of ether oxygens (including phenoxy) is 8. The first-order valence-electron chi connectivity index (χ1n) is 19.7. The average Bonchev–Trinajstić information content (AvgIpc) is 3.16. The van der Waals surface area contributed by atoms with Crippen LogP contribution in [0.5, 0.6) is 0 Å². The standard InChI is InChI=1S/C39H69N3O10/c1-39(2,21-51-29-14-13-22(15-30(29)45-3)37-41-27-12-10-9-11-25(27)38(44)42-37)52-36-33(48-6)18-24(19-34(36)49-7)28(43)20-26(40)23-16-31(46-4)35(50-8)32(17-23)47-5/h22-25,27-37,40-41,43H,9-21H2,1-8H3,(H,42,44). The second-order valence-electron chi connectivity index (χ2n) is 16.7. The summed E-state index contributed by atoms with van der Waals surface area (Å²) >= 11 is 0. The highest BCUT2D eigenvalue weighted by molar-refractivity contribution is 5.84. The van der Waals surface area contributed by atoms with Crippen LogP contribution in [0.15, 0.2) is 0 Å². The smallest absolute Gasteiger partial charge is 0.225 e. The summed E-state index contributed by atoms with van der Waals surface area (Å²) in [5, 5.41) is 27.5. The van der Waals surface area contributed by atoms with Crippen molar-refractivity contribution in [3.05, 3.63) is 0 Å². The zero-order valence-corrected chi connectivity index (χ0v) is 33.0. The topological polar surface area (TPSA) is 159 Å². The van der Waals surface area contributed by atoms with Crippen LogP contribution in [-0.2, 0) is 42.7 Å². The van der Waals surface area contributed by atoms with E-state index in [4.69, 9.17) is 43.3 Å². The number of hydrogen-bond donors (Lipinski definition) is 4. The first-order chi connectivity index (χ1) is 24.9. The minimum atomic E-state index is -0.718. The number of nitrogens with one attached hydrogen (secondary N) is 3. The van der Waals surface area contributed by atoms with Gasteiger partial charge in [-0.05, 0) is 83.5 Å². The van der Waals surface area contributed by atoms with Crippen molar-refractivity contribution >= 4 is 11.6 Å². The van der Waals surface area contributed by atoms with Crippen molar-refractivity contribution in [2.75, 3.05) is 49.3 Å². The highest BCUT2D eigenvalue weighted by Gasteiger charge is 2.47. The Morgan fingerprint density at radius 3 is 1.96 bits per heavy atom. The predicted octanol–water partition coefficient (Wildman–Crippen LogP) is 3.62. The molecule has 1 heterocycles. The van der Waals surface area contributed by atoms with Crippen LogP contribution in [0.2, 0.25) is 0 Å². The summed E-state index contributed by atoms with van der Waals surface area (Å²) in [6.07, 6.45) is 7.31. The summed E-state index contributed by atoms with van der Waals surface area (Å²) in [5.41, 5.74) is -0.140. The molecule has 13 nitrogen and oxygen atoms in total. The Kier molecular flexibility index (Phi) is 15.4. The molecule has 1 aliphatic heterocycles. The summed E-state index contributed by atoms with van der Waals surface area (Å²) in [6, 6.07) is 0.277. The molecule has 300 valence electrons. The Morgan fingerprint density at radius 1 is 0.769 bits per heavy atom. The fourth-order valence-electron chi connectivity index (χ4n) is 9.91. The molecule has 5 aliphatic rings. The Morgan fingerprint density at radius 2 is 1.37 bits per heavy atom. The van der Waals surface area contributed by atoms with Gasteiger partial charge < -0.3 is 53.7 Å². The SMILES string of the molecule is COC1CC(C2NC(=O)C3CCCCC3N2)CCC1OCC(C)(C)OC1C(OC)CC(C(O)CC(=N)C2CC(OC)C(OC)C(OC)C2)CC1OC. The van der Waals surface area contributed by atoms with Crippen LogP contribution < -0.4 is 10.6 Å². The molecule has 4 N–H and O–H groups in total. The van der Waals surface area contributed by atoms with E-state index in [1.807, 2.05) is 13.8 Å². The molecule has 52 heavy (non-hydrogen) atoms.